The molecule has 1 atom stereocenters. The number of carbonyl (C=O) groups is 2. The number of benzene rings is 1. The van der Waals surface area contributed by atoms with Crippen molar-refractivity contribution in [3.63, 3.8) is 0 Å². The molecular weight excluding hydrogens is 278 g/mol. The Bertz CT molecular complexity index is 579. The van der Waals surface area contributed by atoms with Gasteiger partial charge in [0, 0.05) is 38.7 Å². The van der Waals surface area contributed by atoms with E-state index in [0.717, 1.165) is 44.8 Å². The maximum Gasteiger partial charge on any atom is 0.225 e. The molecule has 0 N–H and O–H groups in total. The Kier molecular flexibility index (Phi) is 4.27. The average Bonchev–Trinajstić information content (AvgIpc) is 2.82. The summed E-state index contributed by atoms with van der Waals surface area (Å²) < 4.78 is 0. The third kappa shape index (κ3) is 2.55. The van der Waals surface area contributed by atoms with Gasteiger partial charge in [-0.25, -0.2) is 0 Å². The molecule has 118 valence electrons. The molecule has 0 spiro atoms. The number of hydrogen-bond acceptors (Lipinski definition) is 4. The molecule has 2 aliphatic rings. The zero-order chi connectivity index (χ0) is 15.7. The van der Waals surface area contributed by atoms with Crippen molar-refractivity contribution in [2.75, 3.05) is 37.6 Å². The van der Waals surface area contributed by atoms with Crippen LogP contribution in [0.2, 0.25) is 0 Å². The van der Waals surface area contributed by atoms with Crippen molar-refractivity contribution in [1.29, 1.82) is 0 Å². The first-order valence-corrected chi connectivity index (χ1v) is 8.03. The van der Waals surface area contributed by atoms with Crippen molar-refractivity contribution in [1.82, 2.24) is 9.80 Å². The normalized spacial score (nSPS) is 22.9. The molecule has 22 heavy (non-hydrogen) atoms. The Hall–Kier alpha value is -1.72. The van der Waals surface area contributed by atoms with Crippen LogP contribution in [0.5, 0.6) is 0 Å². The number of carbonyl (C=O) groups excluding carboxylic acids is 2. The van der Waals surface area contributed by atoms with Crippen LogP contribution in [-0.4, -0.2) is 60.4 Å². The highest BCUT2D eigenvalue weighted by molar-refractivity contribution is 6.17. The van der Waals surface area contributed by atoms with Crippen molar-refractivity contribution in [3.05, 3.63) is 29.8 Å². The van der Waals surface area contributed by atoms with Crippen molar-refractivity contribution < 1.29 is 9.59 Å². The molecule has 1 amide bonds. The lowest BCUT2D eigenvalue weighted by molar-refractivity contribution is -0.117. The quantitative estimate of drug-likeness (QED) is 0.850. The predicted molar refractivity (Wildman–Crippen MR) is 86.0 cm³/mol. The lowest BCUT2D eigenvalue weighted by Gasteiger charge is -2.39. The summed E-state index contributed by atoms with van der Waals surface area (Å²) in [5.74, 6) is -0.0194. The van der Waals surface area contributed by atoms with Gasteiger partial charge in [-0.05, 0) is 25.1 Å². The highest BCUT2D eigenvalue weighted by atomic mass is 16.2. The lowest BCUT2D eigenvalue weighted by Crippen LogP contribution is -2.58. The van der Waals surface area contributed by atoms with Crippen molar-refractivity contribution in [2.24, 2.45) is 0 Å². The first-order chi connectivity index (χ1) is 10.6. The van der Waals surface area contributed by atoms with E-state index in [1.54, 1.807) is 4.90 Å². The van der Waals surface area contributed by atoms with Crippen LogP contribution >= 0.6 is 0 Å². The summed E-state index contributed by atoms with van der Waals surface area (Å²) in [6.45, 7) is 8.39. The molecule has 1 aromatic carbocycles. The van der Waals surface area contributed by atoms with E-state index in [1.807, 2.05) is 24.3 Å². The smallest absolute Gasteiger partial charge is 0.225 e. The molecule has 2 heterocycles. The molecule has 0 aromatic heterocycles. The molecule has 0 saturated carbocycles. The van der Waals surface area contributed by atoms with Gasteiger partial charge in [-0.2, -0.15) is 0 Å². The van der Waals surface area contributed by atoms with Crippen LogP contribution in [0.25, 0.3) is 0 Å². The Balaban J connectivity index is 1.82. The second-order valence-electron chi connectivity index (χ2n) is 6.02. The monoisotopic (exact) mass is 301 g/mol. The summed E-state index contributed by atoms with van der Waals surface area (Å²) in [4.78, 5) is 31.1. The van der Waals surface area contributed by atoms with E-state index >= 15 is 0 Å². The molecule has 0 aliphatic carbocycles. The van der Waals surface area contributed by atoms with E-state index in [-0.39, 0.29) is 11.7 Å². The number of ketones is 1. The van der Waals surface area contributed by atoms with E-state index in [2.05, 4.69) is 16.7 Å². The zero-order valence-corrected chi connectivity index (χ0v) is 13.3. The molecule has 3 rings (SSSR count). The Morgan fingerprint density at radius 3 is 2.50 bits per heavy atom. The highest BCUT2D eigenvalue weighted by Gasteiger charge is 2.43. The summed E-state index contributed by atoms with van der Waals surface area (Å²) in [7, 11) is 0. The van der Waals surface area contributed by atoms with Gasteiger partial charge in [0.15, 0.2) is 6.17 Å². The van der Waals surface area contributed by atoms with Gasteiger partial charge in [0.25, 0.3) is 0 Å². The summed E-state index contributed by atoms with van der Waals surface area (Å²) in [6, 6.07) is 7.42. The number of fused-ring (bicyclic) bond motifs is 1. The molecule has 0 radical (unpaired) electrons. The van der Waals surface area contributed by atoms with Crippen LogP contribution in [0.1, 0.15) is 30.6 Å². The van der Waals surface area contributed by atoms with E-state index in [0.29, 0.717) is 5.56 Å². The second kappa shape index (κ2) is 6.18. The minimum atomic E-state index is -0.460. The third-order valence-corrected chi connectivity index (χ3v) is 4.54. The van der Waals surface area contributed by atoms with E-state index < -0.39 is 6.17 Å². The molecule has 1 unspecified atom stereocenters. The minimum absolute atomic E-state index is 0.0507. The summed E-state index contributed by atoms with van der Waals surface area (Å²) >= 11 is 0. The topological polar surface area (TPSA) is 43.9 Å². The average molecular weight is 301 g/mol. The van der Waals surface area contributed by atoms with Gasteiger partial charge >= 0.3 is 0 Å². The number of nitrogens with zero attached hydrogens (tertiary/aromatic N) is 3. The maximum atomic E-state index is 12.8. The first kappa shape index (κ1) is 15.2. The lowest BCUT2D eigenvalue weighted by atomic mass is 10.1. The van der Waals surface area contributed by atoms with Gasteiger partial charge in [-0.1, -0.05) is 19.1 Å². The van der Waals surface area contributed by atoms with Crippen molar-refractivity contribution >= 4 is 17.4 Å². The standard InChI is InChI=1S/C17H23N3O2/c1-3-8-18-9-11-19(12-10-18)17-16(22)14-6-4-5-7-15(14)20(17)13(2)21/h4-7,17H,3,8-12H2,1-2H3. The summed E-state index contributed by atoms with van der Waals surface area (Å²) in [6.07, 6.45) is 0.687. The Labute approximate surface area is 131 Å². The van der Waals surface area contributed by atoms with Gasteiger partial charge in [0.2, 0.25) is 11.7 Å². The largest absolute Gasteiger partial charge is 0.301 e. The highest BCUT2D eigenvalue weighted by Crippen LogP contribution is 2.33. The van der Waals surface area contributed by atoms with Gasteiger partial charge < -0.3 is 4.90 Å². The van der Waals surface area contributed by atoms with Gasteiger partial charge in [-0.3, -0.25) is 19.4 Å². The summed E-state index contributed by atoms with van der Waals surface area (Å²) in [5, 5.41) is 0. The van der Waals surface area contributed by atoms with E-state index in [4.69, 9.17) is 0 Å². The van der Waals surface area contributed by atoms with Gasteiger partial charge in [0.1, 0.15) is 0 Å². The Morgan fingerprint density at radius 2 is 1.86 bits per heavy atom. The van der Waals surface area contributed by atoms with Gasteiger partial charge in [0.05, 0.1) is 5.69 Å². The van der Waals surface area contributed by atoms with Crippen molar-refractivity contribution in [3.8, 4) is 0 Å². The van der Waals surface area contributed by atoms with Crippen LogP contribution < -0.4 is 4.90 Å². The number of para-hydroxylation sites is 1. The molecular formula is C17H23N3O2. The van der Waals surface area contributed by atoms with Crippen molar-refractivity contribution in [2.45, 2.75) is 26.4 Å². The minimum Gasteiger partial charge on any atom is -0.301 e. The fourth-order valence-electron chi connectivity index (χ4n) is 3.50. The number of rotatable bonds is 3. The number of hydrogen-bond donors (Lipinski definition) is 0. The SMILES string of the molecule is CCCN1CCN(C2C(=O)c3ccccc3N2C(C)=O)CC1. The van der Waals surface area contributed by atoms with Crippen LogP contribution in [0, 0.1) is 0 Å². The molecule has 1 saturated heterocycles. The molecule has 5 nitrogen and oxygen atoms in total. The molecule has 1 aromatic rings. The fourth-order valence-corrected chi connectivity index (χ4v) is 3.50. The first-order valence-electron chi connectivity index (χ1n) is 8.03. The number of anilines is 1. The summed E-state index contributed by atoms with van der Waals surface area (Å²) in [5.41, 5.74) is 1.42. The van der Waals surface area contributed by atoms with Crippen LogP contribution in [0.4, 0.5) is 5.69 Å². The third-order valence-electron chi connectivity index (χ3n) is 4.54. The van der Waals surface area contributed by atoms with Crippen LogP contribution in [0.15, 0.2) is 24.3 Å². The van der Waals surface area contributed by atoms with Crippen LogP contribution in [-0.2, 0) is 4.79 Å². The zero-order valence-electron chi connectivity index (χ0n) is 13.3. The number of Topliss-reactive ketones (excluding diaryl/α,β-unsaturated/α-hetero) is 1. The number of amides is 1. The van der Waals surface area contributed by atoms with Gasteiger partial charge in [-0.15, -0.1) is 0 Å². The molecule has 1 fully saturated rings. The fraction of sp³-hybridized carbons (Fsp3) is 0.529. The molecule has 2 aliphatic heterocycles. The number of piperazine rings is 1. The molecule has 0 bridgehead atoms. The maximum absolute atomic E-state index is 12.8. The second-order valence-corrected chi connectivity index (χ2v) is 6.02. The predicted octanol–water partition coefficient (Wildman–Crippen LogP) is 1.59. The van der Waals surface area contributed by atoms with E-state index in [1.165, 1.54) is 6.92 Å². The Morgan fingerprint density at radius 1 is 1.18 bits per heavy atom. The van der Waals surface area contributed by atoms with Crippen LogP contribution in [0.3, 0.4) is 0 Å². The van der Waals surface area contributed by atoms with E-state index in [9.17, 15) is 9.59 Å². The molecule has 5 heteroatoms.